The lowest BCUT2D eigenvalue weighted by Gasteiger charge is -2.18. The first-order valence-electron chi connectivity index (χ1n) is 17.0. The fourth-order valence-electron chi connectivity index (χ4n) is 4.93. The maximum absolute atomic E-state index is 12.6. The van der Waals surface area contributed by atoms with Crippen molar-refractivity contribution in [3.05, 3.63) is 0 Å². The Kier molecular flexibility index (Phi) is 27.9. The highest BCUT2D eigenvalue weighted by atomic mass is 16.4. The molecule has 0 fully saturated rings. The summed E-state index contributed by atoms with van der Waals surface area (Å²) in [5.41, 5.74) is 0. The highest BCUT2D eigenvalue weighted by Crippen LogP contribution is 2.12. The molecule has 0 aromatic rings. The fourth-order valence-corrected chi connectivity index (χ4v) is 4.93. The molecule has 3 amide bonds. The zero-order chi connectivity index (χ0) is 30.4. The molecule has 8 nitrogen and oxygen atoms in total. The minimum absolute atomic E-state index is 0.0354. The Morgan fingerprint density at radius 2 is 0.976 bits per heavy atom. The summed E-state index contributed by atoms with van der Waals surface area (Å²) < 4.78 is 0. The quantitative estimate of drug-likeness (QED) is 0.0668. The molecule has 0 radical (unpaired) electrons. The number of nitrogens with one attached hydrogen (secondary N) is 3. The number of aliphatic carboxylic acids is 1. The summed E-state index contributed by atoms with van der Waals surface area (Å²) in [5.74, 6) is -1.39. The van der Waals surface area contributed by atoms with Crippen molar-refractivity contribution in [2.75, 3.05) is 13.1 Å². The third kappa shape index (κ3) is 27.8. The number of hydrogen-bond acceptors (Lipinski definition) is 4. The molecule has 0 rings (SSSR count). The molecule has 8 heteroatoms. The summed E-state index contributed by atoms with van der Waals surface area (Å²) in [6.07, 6.45) is 24.2. The zero-order valence-corrected chi connectivity index (χ0v) is 26.5. The van der Waals surface area contributed by atoms with Crippen LogP contribution in [0.3, 0.4) is 0 Å². The first-order valence-corrected chi connectivity index (χ1v) is 17.0. The minimum atomic E-state index is -0.977. The summed E-state index contributed by atoms with van der Waals surface area (Å²) in [6, 6.07) is -0.687. The number of carboxylic acids is 1. The van der Waals surface area contributed by atoms with Crippen LogP contribution in [0.4, 0.5) is 0 Å². The Labute approximate surface area is 251 Å². The average Bonchev–Trinajstić information content (AvgIpc) is 2.94. The van der Waals surface area contributed by atoms with E-state index in [1.54, 1.807) is 0 Å². The SMILES string of the molecule is CCCCCCCCCCCC(=O)NCCCC[C@H](NC(=O)CCCCCCCCCCC)C(=O)NCCC(=O)O. The number of unbranched alkanes of at least 4 members (excludes halogenated alkanes) is 17. The van der Waals surface area contributed by atoms with E-state index in [2.05, 4.69) is 29.8 Å². The molecular formula is C33H63N3O5. The molecule has 0 spiro atoms. The lowest BCUT2D eigenvalue weighted by Crippen LogP contribution is -2.47. The molecule has 0 bridgehead atoms. The van der Waals surface area contributed by atoms with Crippen LogP contribution in [0.1, 0.15) is 168 Å². The van der Waals surface area contributed by atoms with Gasteiger partial charge in [-0.3, -0.25) is 19.2 Å². The van der Waals surface area contributed by atoms with E-state index in [9.17, 15) is 19.2 Å². The van der Waals surface area contributed by atoms with Gasteiger partial charge in [0, 0.05) is 25.9 Å². The number of amides is 3. The molecule has 1 atom stereocenters. The van der Waals surface area contributed by atoms with Crippen LogP contribution in [0.5, 0.6) is 0 Å². The average molecular weight is 582 g/mol. The van der Waals surface area contributed by atoms with Crippen molar-refractivity contribution in [2.24, 2.45) is 0 Å². The van der Waals surface area contributed by atoms with Gasteiger partial charge in [-0.15, -0.1) is 0 Å². The molecule has 0 aliphatic heterocycles. The van der Waals surface area contributed by atoms with Gasteiger partial charge in [-0.25, -0.2) is 0 Å². The Balaban J connectivity index is 4.16. The Bertz CT molecular complexity index is 671. The predicted molar refractivity (Wildman–Crippen MR) is 168 cm³/mol. The van der Waals surface area contributed by atoms with Gasteiger partial charge in [0.15, 0.2) is 0 Å². The van der Waals surface area contributed by atoms with E-state index in [0.29, 0.717) is 32.2 Å². The van der Waals surface area contributed by atoms with Crippen LogP contribution in [0, 0.1) is 0 Å². The van der Waals surface area contributed by atoms with Gasteiger partial charge in [0.1, 0.15) is 6.04 Å². The summed E-state index contributed by atoms with van der Waals surface area (Å²) >= 11 is 0. The third-order valence-electron chi connectivity index (χ3n) is 7.55. The molecule has 0 saturated carbocycles. The topological polar surface area (TPSA) is 125 Å². The molecule has 4 N–H and O–H groups in total. The van der Waals surface area contributed by atoms with Crippen LogP contribution in [-0.2, 0) is 19.2 Å². The molecular weight excluding hydrogens is 518 g/mol. The fraction of sp³-hybridized carbons (Fsp3) is 0.879. The number of carbonyl (C=O) groups is 4. The highest BCUT2D eigenvalue weighted by Gasteiger charge is 2.20. The molecule has 41 heavy (non-hydrogen) atoms. The molecule has 0 aromatic heterocycles. The van der Waals surface area contributed by atoms with Crippen LogP contribution in [0.15, 0.2) is 0 Å². The maximum atomic E-state index is 12.6. The second kappa shape index (κ2) is 29.4. The maximum Gasteiger partial charge on any atom is 0.305 e. The van der Waals surface area contributed by atoms with Gasteiger partial charge in [0.2, 0.25) is 17.7 Å². The predicted octanol–water partition coefficient (Wildman–Crippen LogP) is 7.19. The minimum Gasteiger partial charge on any atom is -0.481 e. The second-order valence-corrected chi connectivity index (χ2v) is 11.6. The summed E-state index contributed by atoms with van der Waals surface area (Å²) in [7, 11) is 0. The van der Waals surface area contributed by atoms with Gasteiger partial charge >= 0.3 is 5.97 Å². The monoisotopic (exact) mass is 581 g/mol. The van der Waals surface area contributed by atoms with Crippen molar-refractivity contribution in [1.29, 1.82) is 0 Å². The van der Waals surface area contributed by atoms with Crippen LogP contribution in [-0.4, -0.2) is 47.9 Å². The Hall–Kier alpha value is -2.12. The van der Waals surface area contributed by atoms with Gasteiger partial charge in [0.05, 0.1) is 6.42 Å². The van der Waals surface area contributed by atoms with Gasteiger partial charge in [0.25, 0.3) is 0 Å². The number of rotatable bonds is 30. The van der Waals surface area contributed by atoms with Gasteiger partial charge in [-0.05, 0) is 32.1 Å². The lowest BCUT2D eigenvalue weighted by atomic mass is 10.1. The Morgan fingerprint density at radius 1 is 0.512 bits per heavy atom. The zero-order valence-electron chi connectivity index (χ0n) is 26.5. The smallest absolute Gasteiger partial charge is 0.305 e. The summed E-state index contributed by atoms with van der Waals surface area (Å²) in [4.78, 5) is 48.0. The molecule has 0 aromatic carbocycles. The summed E-state index contributed by atoms with van der Waals surface area (Å²) in [6.45, 7) is 5.03. The van der Waals surface area contributed by atoms with E-state index in [0.717, 1.165) is 38.5 Å². The Morgan fingerprint density at radius 3 is 1.46 bits per heavy atom. The van der Waals surface area contributed by atoms with Crippen molar-refractivity contribution in [3.63, 3.8) is 0 Å². The molecule has 0 unspecified atom stereocenters. The largest absolute Gasteiger partial charge is 0.481 e. The van der Waals surface area contributed by atoms with E-state index in [4.69, 9.17) is 5.11 Å². The van der Waals surface area contributed by atoms with E-state index in [-0.39, 0.29) is 30.7 Å². The summed E-state index contributed by atoms with van der Waals surface area (Å²) in [5, 5.41) is 17.3. The van der Waals surface area contributed by atoms with E-state index >= 15 is 0 Å². The van der Waals surface area contributed by atoms with Crippen LogP contribution in [0.2, 0.25) is 0 Å². The first-order chi connectivity index (χ1) is 19.9. The highest BCUT2D eigenvalue weighted by molar-refractivity contribution is 5.87. The van der Waals surface area contributed by atoms with Crippen LogP contribution in [0.25, 0.3) is 0 Å². The third-order valence-corrected chi connectivity index (χ3v) is 7.55. The standard InChI is InChI=1S/C33H63N3O5/c1-3-5-7-9-11-13-15-17-19-24-30(37)34-27-22-21-23-29(33(41)35-28-26-32(39)40)36-31(38)25-20-18-16-14-12-10-8-6-4-2/h29H,3-28H2,1-2H3,(H,34,37)(H,35,41)(H,36,38)(H,39,40)/t29-/m0/s1. The van der Waals surface area contributed by atoms with Crippen molar-refractivity contribution >= 4 is 23.7 Å². The van der Waals surface area contributed by atoms with E-state index < -0.39 is 12.0 Å². The molecule has 240 valence electrons. The van der Waals surface area contributed by atoms with Gasteiger partial charge < -0.3 is 21.1 Å². The van der Waals surface area contributed by atoms with E-state index in [1.807, 2.05) is 0 Å². The number of hydrogen-bond donors (Lipinski definition) is 4. The van der Waals surface area contributed by atoms with Crippen LogP contribution >= 0.6 is 0 Å². The van der Waals surface area contributed by atoms with Crippen molar-refractivity contribution < 1.29 is 24.3 Å². The van der Waals surface area contributed by atoms with Crippen molar-refractivity contribution in [2.45, 2.75) is 174 Å². The van der Waals surface area contributed by atoms with Gasteiger partial charge in [-0.2, -0.15) is 0 Å². The number of carbonyl (C=O) groups excluding carboxylic acids is 3. The molecule has 0 saturated heterocycles. The number of carboxylic acid groups (broad SMARTS) is 1. The second-order valence-electron chi connectivity index (χ2n) is 11.6. The van der Waals surface area contributed by atoms with Crippen molar-refractivity contribution in [1.82, 2.24) is 16.0 Å². The van der Waals surface area contributed by atoms with E-state index in [1.165, 1.54) is 83.5 Å². The molecule has 0 heterocycles. The van der Waals surface area contributed by atoms with Crippen LogP contribution < -0.4 is 16.0 Å². The molecule has 0 aliphatic carbocycles. The van der Waals surface area contributed by atoms with Crippen molar-refractivity contribution in [3.8, 4) is 0 Å². The van der Waals surface area contributed by atoms with Gasteiger partial charge in [-0.1, -0.05) is 117 Å². The molecule has 0 aliphatic rings. The normalized spacial score (nSPS) is 11.7. The lowest BCUT2D eigenvalue weighted by molar-refractivity contribution is -0.137. The first kappa shape index (κ1) is 38.9.